The maximum absolute atomic E-state index is 11.5. The number of ether oxygens (including phenoxy) is 1. The molecule has 13 heteroatoms. The van der Waals surface area contributed by atoms with Gasteiger partial charge in [0.25, 0.3) is 11.8 Å². The molecule has 1 fully saturated rings. The Morgan fingerprint density at radius 2 is 2.09 bits per heavy atom. The van der Waals surface area contributed by atoms with Crippen molar-refractivity contribution in [3.63, 3.8) is 0 Å². The molecule has 0 aliphatic heterocycles. The normalized spacial score (nSPS) is 18.1. The summed E-state index contributed by atoms with van der Waals surface area (Å²) < 4.78 is 13.1. The molecule has 4 aromatic rings. The molecule has 12 nitrogen and oxygen atoms in total. The van der Waals surface area contributed by atoms with Gasteiger partial charge in [-0.3, -0.25) is 0 Å². The third kappa shape index (κ3) is 5.13. The zero-order valence-corrected chi connectivity index (χ0v) is 19.8. The minimum absolute atomic E-state index is 0.0321. The molecule has 1 aliphatic rings. The molecule has 184 valence electrons. The standard InChI is InChI=1S/C22H25ClN8O4/c1-12-2-4-13(5-3-12)11-31-16-17(28-21(31)24-8-9-32)26-18(20-29-30-22(33)35-20)27-19(16)34-15-7-6-14(23)10-25-15/h6-7,10,12-13,32H,2-5,8-9,11H2,1H3,(H,30,33)(H,24,26,27,28). The largest absolute Gasteiger partial charge is 0.434 e. The number of rotatable bonds is 8. The van der Waals surface area contributed by atoms with E-state index < -0.39 is 5.76 Å². The maximum Gasteiger partial charge on any atom is 0.434 e. The summed E-state index contributed by atoms with van der Waals surface area (Å²) in [7, 11) is 0. The second-order valence-electron chi connectivity index (χ2n) is 8.68. The van der Waals surface area contributed by atoms with E-state index in [4.69, 9.17) is 20.8 Å². The Balaban J connectivity index is 1.63. The predicted octanol–water partition coefficient (Wildman–Crippen LogP) is 3.24. The van der Waals surface area contributed by atoms with Crippen LogP contribution < -0.4 is 15.8 Å². The first kappa shape index (κ1) is 23.2. The van der Waals surface area contributed by atoms with E-state index in [0.717, 1.165) is 18.8 Å². The van der Waals surface area contributed by atoms with Crippen LogP contribution in [0.25, 0.3) is 22.9 Å². The zero-order chi connectivity index (χ0) is 24.4. The van der Waals surface area contributed by atoms with Crippen molar-refractivity contribution in [2.24, 2.45) is 11.8 Å². The monoisotopic (exact) mass is 500 g/mol. The van der Waals surface area contributed by atoms with E-state index in [-0.39, 0.29) is 30.1 Å². The number of aliphatic hydroxyl groups is 1. The summed E-state index contributed by atoms with van der Waals surface area (Å²) in [4.78, 5) is 29.4. The molecule has 4 aromatic heterocycles. The van der Waals surface area contributed by atoms with E-state index in [1.54, 1.807) is 12.1 Å². The number of pyridine rings is 1. The van der Waals surface area contributed by atoms with Crippen molar-refractivity contribution in [1.29, 1.82) is 0 Å². The van der Waals surface area contributed by atoms with Crippen molar-refractivity contribution in [2.75, 3.05) is 18.5 Å². The molecule has 0 aromatic carbocycles. The van der Waals surface area contributed by atoms with Crippen molar-refractivity contribution in [3.05, 3.63) is 33.9 Å². The molecule has 0 atom stereocenters. The van der Waals surface area contributed by atoms with Crippen molar-refractivity contribution < 1.29 is 14.3 Å². The van der Waals surface area contributed by atoms with Crippen LogP contribution in [0.2, 0.25) is 5.02 Å². The van der Waals surface area contributed by atoms with E-state index in [1.807, 2.05) is 4.57 Å². The second-order valence-corrected chi connectivity index (χ2v) is 9.12. The number of aromatic nitrogens is 7. The second kappa shape index (κ2) is 10.0. The van der Waals surface area contributed by atoms with Crippen LogP contribution in [-0.4, -0.2) is 53.0 Å². The smallest absolute Gasteiger partial charge is 0.418 e. The van der Waals surface area contributed by atoms with Gasteiger partial charge in [-0.25, -0.2) is 19.9 Å². The first-order chi connectivity index (χ1) is 17.0. The lowest BCUT2D eigenvalue weighted by atomic mass is 9.83. The third-order valence-electron chi connectivity index (χ3n) is 6.07. The molecule has 0 unspecified atom stereocenters. The lowest BCUT2D eigenvalue weighted by Gasteiger charge is -2.27. The lowest BCUT2D eigenvalue weighted by molar-refractivity contribution is 0.266. The number of halogens is 1. The summed E-state index contributed by atoms with van der Waals surface area (Å²) in [5.74, 6) is 1.37. The van der Waals surface area contributed by atoms with Crippen LogP contribution in [0.5, 0.6) is 11.8 Å². The van der Waals surface area contributed by atoms with Gasteiger partial charge in [0, 0.05) is 25.4 Å². The van der Waals surface area contributed by atoms with Gasteiger partial charge in [-0.15, -0.1) is 5.10 Å². The predicted molar refractivity (Wildman–Crippen MR) is 127 cm³/mol. The molecule has 0 bridgehead atoms. The van der Waals surface area contributed by atoms with Gasteiger partial charge in [0.2, 0.25) is 17.7 Å². The summed E-state index contributed by atoms with van der Waals surface area (Å²) >= 11 is 5.97. The molecule has 35 heavy (non-hydrogen) atoms. The fourth-order valence-electron chi connectivity index (χ4n) is 4.27. The van der Waals surface area contributed by atoms with Crippen LogP contribution in [0.15, 0.2) is 27.5 Å². The van der Waals surface area contributed by atoms with Gasteiger partial charge in [0.15, 0.2) is 11.2 Å². The van der Waals surface area contributed by atoms with Crippen molar-refractivity contribution >= 4 is 28.7 Å². The van der Waals surface area contributed by atoms with Gasteiger partial charge in [0.05, 0.1) is 11.6 Å². The minimum Gasteiger partial charge on any atom is -0.418 e. The first-order valence-corrected chi connectivity index (χ1v) is 11.9. The molecule has 0 saturated heterocycles. The Kier molecular flexibility index (Phi) is 6.64. The van der Waals surface area contributed by atoms with Gasteiger partial charge in [-0.05, 0) is 30.7 Å². The number of nitrogens with zero attached hydrogens (tertiary/aromatic N) is 6. The highest BCUT2D eigenvalue weighted by molar-refractivity contribution is 6.30. The van der Waals surface area contributed by atoms with Crippen LogP contribution in [0.1, 0.15) is 32.6 Å². The lowest BCUT2D eigenvalue weighted by Crippen LogP contribution is -2.20. The SMILES string of the molecule is CC1CCC(Cn2c(NCCO)nc3nc(-c4n[nH]c(=O)o4)nc(Oc4ccc(Cl)cn4)c32)CC1. The van der Waals surface area contributed by atoms with Crippen LogP contribution in [0.3, 0.4) is 0 Å². The van der Waals surface area contributed by atoms with E-state index >= 15 is 0 Å². The number of hydrogen-bond acceptors (Lipinski definition) is 10. The maximum atomic E-state index is 11.5. The van der Waals surface area contributed by atoms with Crippen LogP contribution in [0, 0.1) is 11.8 Å². The Bertz CT molecular complexity index is 1360. The van der Waals surface area contributed by atoms with Gasteiger partial charge in [0.1, 0.15) is 0 Å². The van der Waals surface area contributed by atoms with Crippen molar-refractivity contribution in [2.45, 2.75) is 39.2 Å². The molecule has 4 heterocycles. The third-order valence-corrected chi connectivity index (χ3v) is 6.30. The molecule has 0 spiro atoms. The summed E-state index contributed by atoms with van der Waals surface area (Å²) in [5.41, 5.74) is 0.886. The molecular weight excluding hydrogens is 476 g/mol. The number of aliphatic hydroxyl groups excluding tert-OH is 1. The summed E-state index contributed by atoms with van der Waals surface area (Å²) in [6.07, 6.45) is 6.03. The number of H-pyrrole nitrogens is 1. The van der Waals surface area contributed by atoms with E-state index in [0.29, 0.717) is 41.1 Å². The summed E-state index contributed by atoms with van der Waals surface area (Å²) in [5, 5.41) is 19.1. The topological polar surface area (TPSA) is 157 Å². The van der Waals surface area contributed by atoms with Gasteiger partial charge in [-0.1, -0.05) is 31.4 Å². The van der Waals surface area contributed by atoms with Crippen LogP contribution >= 0.6 is 11.6 Å². The zero-order valence-electron chi connectivity index (χ0n) is 19.1. The Morgan fingerprint density at radius 3 is 2.77 bits per heavy atom. The average molecular weight is 501 g/mol. The van der Waals surface area contributed by atoms with E-state index in [9.17, 15) is 9.90 Å². The highest BCUT2D eigenvalue weighted by atomic mass is 35.5. The molecule has 1 aliphatic carbocycles. The Labute approximate surface area is 204 Å². The summed E-state index contributed by atoms with van der Waals surface area (Å²) in [6.45, 7) is 3.22. The highest BCUT2D eigenvalue weighted by Crippen LogP contribution is 2.35. The van der Waals surface area contributed by atoms with Gasteiger partial charge >= 0.3 is 5.76 Å². The van der Waals surface area contributed by atoms with E-state index in [1.165, 1.54) is 19.0 Å². The van der Waals surface area contributed by atoms with Crippen LogP contribution in [0.4, 0.5) is 5.95 Å². The number of nitrogens with one attached hydrogen (secondary N) is 2. The van der Waals surface area contributed by atoms with E-state index in [2.05, 4.69) is 42.4 Å². The summed E-state index contributed by atoms with van der Waals surface area (Å²) in [6, 6.07) is 3.28. The number of aromatic amines is 1. The molecule has 0 radical (unpaired) electrons. The molecule has 1 saturated carbocycles. The first-order valence-electron chi connectivity index (χ1n) is 11.5. The number of anilines is 1. The Morgan fingerprint density at radius 1 is 1.26 bits per heavy atom. The van der Waals surface area contributed by atoms with Crippen molar-refractivity contribution in [1.82, 2.24) is 34.7 Å². The van der Waals surface area contributed by atoms with Gasteiger partial charge in [-0.2, -0.15) is 9.97 Å². The number of fused-ring (bicyclic) bond motifs is 1. The molecule has 0 amide bonds. The fraction of sp³-hybridized carbons (Fsp3) is 0.455. The molecule has 3 N–H and O–H groups in total. The van der Waals surface area contributed by atoms with Crippen molar-refractivity contribution in [3.8, 4) is 23.5 Å². The Hall–Kier alpha value is -3.51. The van der Waals surface area contributed by atoms with Gasteiger partial charge < -0.3 is 24.1 Å². The molecular formula is C22H25ClN8O4. The average Bonchev–Trinajstić information content (AvgIpc) is 3.44. The van der Waals surface area contributed by atoms with Crippen LogP contribution in [-0.2, 0) is 6.54 Å². The minimum atomic E-state index is -0.729. The quantitative estimate of drug-likeness (QED) is 0.328. The number of hydrogen-bond donors (Lipinski definition) is 3. The fourth-order valence-corrected chi connectivity index (χ4v) is 4.38. The number of imidazole rings is 1. The molecule has 5 rings (SSSR count). The highest BCUT2D eigenvalue weighted by Gasteiger charge is 2.26.